The molecule has 0 spiro atoms. The molecule has 0 saturated heterocycles. The van der Waals surface area contributed by atoms with Gasteiger partial charge in [0.2, 0.25) is 0 Å². The van der Waals surface area contributed by atoms with Crippen molar-refractivity contribution < 1.29 is 18.0 Å². The summed E-state index contributed by atoms with van der Waals surface area (Å²) in [5.41, 5.74) is 2.24. The molecule has 0 aliphatic carbocycles. The number of benzene rings is 1. The Morgan fingerprint density at radius 1 is 1.19 bits per heavy atom. The van der Waals surface area contributed by atoms with Crippen molar-refractivity contribution in [3.63, 3.8) is 0 Å². The van der Waals surface area contributed by atoms with Crippen molar-refractivity contribution in [1.29, 1.82) is 0 Å². The second-order valence-electron chi connectivity index (χ2n) is 6.47. The molecular weight excluding hydrogens is 359 g/mol. The summed E-state index contributed by atoms with van der Waals surface area (Å²) < 4.78 is 41.7. The average Bonchev–Trinajstić information content (AvgIpc) is 3.34. The van der Waals surface area contributed by atoms with E-state index >= 15 is 0 Å². The molecule has 2 aromatic heterocycles. The molecule has 0 fully saturated rings. The number of nitrogens with zero attached hydrogens (tertiary/aromatic N) is 5. The summed E-state index contributed by atoms with van der Waals surface area (Å²) >= 11 is 0. The molecule has 9 heteroatoms. The van der Waals surface area contributed by atoms with E-state index < -0.39 is 11.7 Å². The van der Waals surface area contributed by atoms with Crippen LogP contribution in [0.25, 0.3) is 0 Å². The molecule has 4 rings (SSSR count). The fourth-order valence-electron chi connectivity index (χ4n) is 3.28. The normalized spacial score (nSPS) is 13.9. The predicted molar refractivity (Wildman–Crippen MR) is 89.6 cm³/mol. The van der Waals surface area contributed by atoms with Gasteiger partial charge in [-0.2, -0.15) is 18.3 Å². The Balaban J connectivity index is 1.53. The number of hydrogen-bond acceptors (Lipinski definition) is 3. The molecule has 1 amide bonds. The molecule has 27 heavy (non-hydrogen) atoms. The van der Waals surface area contributed by atoms with Gasteiger partial charge in [-0.1, -0.05) is 0 Å². The number of carbonyl (C=O) groups is 1. The Hall–Kier alpha value is -3.10. The maximum atomic E-state index is 12.7. The van der Waals surface area contributed by atoms with Crippen LogP contribution in [0, 0.1) is 0 Å². The van der Waals surface area contributed by atoms with Gasteiger partial charge in [0.1, 0.15) is 0 Å². The monoisotopic (exact) mass is 375 g/mol. The number of aromatic nitrogens is 4. The molecule has 0 unspecified atom stereocenters. The van der Waals surface area contributed by atoms with E-state index in [1.807, 2.05) is 17.8 Å². The minimum atomic E-state index is -4.42. The molecule has 3 aromatic rings. The molecule has 0 atom stereocenters. The van der Waals surface area contributed by atoms with Crippen LogP contribution < -0.4 is 0 Å². The number of amides is 1. The molecule has 0 bridgehead atoms. The largest absolute Gasteiger partial charge is 0.416 e. The first-order valence-electron chi connectivity index (χ1n) is 8.29. The third-order valence-electron chi connectivity index (χ3n) is 4.69. The summed E-state index contributed by atoms with van der Waals surface area (Å²) in [6, 6.07) is 4.31. The fraction of sp³-hybridized carbons (Fsp3) is 0.278. The number of rotatable bonds is 3. The van der Waals surface area contributed by atoms with Crippen LogP contribution in [0.4, 0.5) is 13.2 Å². The molecule has 0 saturated carbocycles. The number of halogens is 3. The van der Waals surface area contributed by atoms with Crippen molar-refractivity contribution in [2.75, 3.05) is 0 Å². The van der Waals surface area contributed by atoms with E-state index in [1.165, 1.54) is 12.1 Å². The molecule has 1 aliphatic rings. The number of alkyl halides is 3. The van der Waals surface area contributed by atoms with Gasteiger partial charge in [-0.05, 0) is 24.3 Å². The van der Waals surface area contributed by atoms with Gasteiger partial charge in [0.15, 0.2) is 0 Å². The van der Waals surface area contributed by atoms with Gasteiger partial charge in [0.05, 0.1) is 42.9 Å². The smallest absolute Gasteiger partial charge is 0.331 e. The minimum absolute atomic E-state index is 0.236. The van der Waals surface area contributed by atoms with E-state index in [4.69, 9.17) is 0 Å². The summed E-state index contributed by atoms with van der Waals surface area (Å²) in [6.07, 6.45) is 0.797. The van der Waals surface area contributed by atoms with Crippen molar-refractivity contribution in [1.82, 2.24) is 24.2 Å². The second kappa shape index (κ2) is 6.26. The highest BCUT2D eigenvalue weighted by atomic mass is 19.4. The molecule has 140 valence electrons. The zero-order valence-corrected chi connectivity index (χ0v) is 14.4. The van der Waals surface area contributed by atoms with Crippen LogP contribution in [0.2, 0.25) is 0 Å². The third-order valence-corrected chi connectivity index (χ3v) is 4.69. The van der Waals surface area contributed by atoms with Gasteiger partial charge >= 0.3 is 6.18 Å². The maximum Gasteiger partial charge on any atom is 0.416 e. The SMILES string of the molecule is Cn1nc(Cn2ccnc2)c2c1CN(C(=O)c1ccc(C(F)(F)F)cc1)C2. The first-order chi connectivity index (χ1) is 12.8. The number of imidazole rings is 1. The topological polar surface area (TPSA) is 56.0 Å². The fourth-order valence-corrected chi connectivity index (χ4v) is 3.28. The van der Waals surface area contributed by atoms with Crippen LogP contribution in [-0.4, -0.2) is 30.1 Å². The molecule has 0 N–H and O–H groups in total. The van der Waals surface area contributed by atoms with E-state index in [0.29, 0.717) is 19.6 Å². The lowest BCUT2D eigenvalue weighted by atomic mass is 10.1. The van der Waals surface area contributed by atoms with E-state index in [9.17, 15) is 18.0 Å². The lowest BCUT2D eigenvalue weighted by Gasteiger charge is -2.17. The first-order valence-corrected chi connectivity index (χ1v) is 8.29. The van der Waals surface area contributed by atoms with E-state index in [1.54, 1.807) is 22.1 Å². The Morgan fingerprint density at radius 3 is 2.56 bits per heavy atom. The highest BCUT2D eigenvalue weighted by Crippen LogP contribution is 2.30. The Bertz CT molecular complexity index is 974. The molecule has 3 heterocycles. The van der Waals surface area contributed by atoms with E-state index in [0.717, 1.165) is 29.1 Å². The van der Waals surface area contributed by atoms with E-state index in [-0.39, 0.29) is 11.5 Å². The molecule has 1 aliphatic heterocycles. The third kappa shape index (κ3) is 3.20. The highest BCUT2D eigenvalue weighted by Gasteiger charge is 2.32. The number of aryl methyl sites for hydroxylation is 1. The number of hydrogen-bond donors (Lipinski definition) is 0. The summed E-state index contributed by atoms with van der Waals surface area (Å²) in [5, 5.41) is 4.52. The Morgan fingerprint density at radius 2 is 1.93 bits per heavy atom. The van der Waals surface area contributed by atoms with Crippen LogP contribution >= 0.6 is 0 Å². The minimum Gasteiger partial charge on any atom is -0.331 e. The lowest BCUT2D eigenvalue weighted by molar-refractivity contribution is -0.137. The quantitative estimate of drug-likeness (QED) is 0.707. The van der Waals surface area contributed by atoms with Crippen molar-refractivity contribution >= 4 is 5.91 Å². The lowest BCUT2D eigenvalue weighted by Crippen LogP contribution is -2.26. The maximum absolute atomic E-state index is 12.7. The summed E-state index contributed by atoms with van der Waals surface area (Å²) in [6.45, 7) is 1.31. The number of fused-ring (bicyclic) bond motifs is 1. The first kappa shape index (κ1) is 17.3. The molecule has 6 nitrogen and oxygen atoms in total. The van der Waals surface area contributed by atoms with Gasteiger partial charge in [-0.25, -0.2) is 4.98 Å². The van der Waals surface area contributed by atoms with Crippen LogP contribution in [0.5, 0.6) is 0 Å². The zero-order valence-electron chi connectivity index (χ0n) is 14.4. The van der Waals surface area contributed by atoms with Crippen LogP contribution in [0.1, 0.15) is 32.9 Å². The molecule has 1 aromatic carbocycles. The average molecular weight is 375 g/mol. The summed E-state index contributed by atoms with van der Waals surface area (Å²) in [5.74, 6) is -0.298. The van der Waals surface area contributed by atoms with Crippen molar-refractivity contribution in [2.45, 2.75) is 25.8 Å². The van der Waals surface area contributed by atoms with Crippen molar-refractivity contribution in [3.8, 4) is 0 Å². The molecule has 0 radical (unpaired) electrons. The predicted octanol–water partition coefficient (Wildman–Crippen LogP) is 2.84. The van der Waals surface area contributed by atoms with E-state index in [2.05, 4.69) is 10.1 Å². The summed E-state index contributed by atoms with van der Waals surface area (Å²) in [4.78, 5) is 18.3. The standard InChI is InChI=1S/C18H16F3N5O/c1-24-16-10-26(8-14(16)15(23-24)9-25-7-6-22-11-25)17(27)12-2-4-13(5-3-12)18(19,20)21/h2-7,11H,8-10H2,1H3. The van der Waals surface area contributed by atoms with Crippen molar-refractivity contribution in [3.05, 3.63) is 71.1 Å². The van der Waals surface area contributed by atoms with Crippen LogP contribution in [0.3, 0.4) is 0 Å². The van der Waals surface area contributed by atoms with Crippen LogP contribution in [0.15, 0.2) is 43.0 Å². The van der Waals surface area contributed by atoms with Gasteiger partial charge in [0.25, 0.3) is 5.91 Å². The van der Waals surface area contributed by atoms with Crippen molar-refractivity contribution in [2.24, 2.45) is 7.05 Å². The number of carbonyl (C=O) groups excluding carboxylic acids is 1. The van der Waals surface area contributed by atoms with Gasteiger partial charge in [-0.15, -0.1) is 0 Å². The highest BCUT2D eigenvalue weighted by molar-refractivity contribution is 5.94. The van der Waals surface area contributed by atoms with Crippen LogP contribution in [-0.2, 0) is 32.9 Å². The van der Waals surface area contributed by atoms with Gasteiger partial charge in [-0.3, -0.25) is 9.48 Å². The van der Waals surface area contributed by atoms with Gasteiger partial charge in [0, 0.05) is 30.6 Å². The molecular formula is C18H16F3N5O. The zero-order chi connectivity index (χ0) is 19.2. The Labute approximate surface area is 152 Å². The second-order valence-corrected chi connectivity index (χ2v) is 6.47. The Kier molecular flexibility index (Phi) is 4.01. The van der Waals surface area contributed by atoms with Gasteiger partial charge < -0.3 is 9.47 Å². The summed E-state index contributed by atoms with van der Waals surface area (Å²) in [7, 11) is 1.82.